The van der Waals surface area contributed by atoms with Crippen LogP contribution in [0.25, 0.3) is 10.9 Å². The quantitative estimate of drug-likeness (QED) is 0.705. The number of benzene rings is 1. The summed E-state index contributed by atoms with van der Waals surface area (Å²) < 4.78 is 4.50. The molecule has 0 unspecified atom stereocenters. The zero-order valence-electron chi connectivity index (χ0n) is 9.62. The molecule has 1 aromatic heterocycles. The first-order valence-corrected chi connectivity index (χ1v) is 5.38. The molecule has 2 rings (SSSR count). The zero-order chi connectivity index (χ0) is 12.3. The highest BCUT2D eigenvalue weighted by atomic mass is 16.5. The van der Waals surface area contributed by atoms with Crippen LogP contribution < -0.4 is 11.1 Å². The van der Waals surface area contributed by atoms with Gasteiger partial charge in [0.25, 0.3) is 0 Å². The number of fused-ring (bicyclic) bond motifs is 1. The first kappa shape index (κ1) is 11.3. The van der Waals surface area contributed by atoms with Gasteiger partial charge in [-0.2, -0.15) is 0 Å². The Morgan fingerprint density at radius 2 is 2.35 bits per heavy atom. The van der Waals surface area contributed by atoms with Gasteiger partial charge in [0, 0.05) is 18.1 Å². The van der Waals surface area contributed by atoms with Crippen molar-refractivity contribution in [2.45, 2.75) is 6.42 Å². The van der Waals surface area contributed by atoms with Crippen molar-refractivity contribution >= 4 is 22.7 Å². The van der Waals surface area contributed by atoms with Crippen LogP contribution in [0.5, 0.6) is 0 Å². The zero-order valence-corrected chi connectivity index (χ0v) is 9.62. The van der Waals surface area contributed by atoms with Gasteiger partial charge in [0.05, 0.1) is 18.3 Å². The Bertz CT molecular complexity index is 534. The molecule has 0 aliphatic rings. The van der Waals surface area contributed by atoms with E-state index < -0.39 is 6.09 Å². The molecule has 0 fully saturated rings. The smallest absolute Gasteiger partial charge is 0.406 e. The lowest BCUT2D eigenvalue weighted by Crippen LogP contribution is -2.25. The van der Waals surface area contributed by atoms with Crippen molar-refractivity contribution in [1.29, 1.82) is 0 Å². The highest BCUT2D eigenvalue weighted by Gasteiger charge is 2.06. The SMILES string of the molecule is COC(=O)NCCc1c[nH]c2c(N)cccc12. The Morgan fingerprint density at radius 3 is 3.12 bits per heavy atom. The van der Waals surface area contributed by atoms with E-state index in [1.807, 2.05) is 24.4 Å². The van der Waals surface area contributed by atoms with Crippen molar-refractivity contribution in [2.75, 3.05) is 19.4 Å². The molecule has 0 atom stereocenters. The number of nitrogens with two attached hydrogens (primary N) is 1. The molecular formula is C12H15N3O2. The standard InChI is InChI=1S/C12H15N3O2/c1-17-12(16)14-6-5-8-7-15-11-9(8)3-2-4-10(11)13/h2-4,7,15H,5-6,13H2,1H3,(H,14,16). The first-order valence-electron chi connectivity index (χ1n) is 5.38. The predicted octanol–water partition coefficient (Wildman–Crippen LogP) is 1.65. The largest absolute Gasteiger partial charge is 0.453 e. The maximum Gasteiger partial charge on any atom is 0.406 e. The third-order valence-electron chi connectivity index (χ3n) is 2.68. The van der Waals surface area contributed by atoms with Crippen molar-refractivity contribution in [3.63, 3.8) is 0 Å². The van der Waals surface area contributed by atoms with E-state index in [0.717, 1.165) is 28.6 Å². The Hall–Kier alpha value is -2.17. The van der Waals surface area contributed by atoms with E-state index in [2.05, 4.69) is 15.0 Å². The van der Waals surface area contributed by atoms with Gasteiger partial charge in [0.2, 0.25) is 0 Å². The molecule has 0 bridgehead atoms. The van der Waals surface area contributed by atoms with E-state index in [0.29, 0.717) is 6.54 Å². The van der Waals surface area contributed by atoms with E-state index in [4.69, 9.17) is 5.73 Å². The Balaban J connectivity index is 2.09. The van der Waals surface area contributed by atoms with Crippen LogP contribution in [0, 0.1) is 0 Å². The van der Waals surface area contributed by atoms with Crippen LogP contribution in [0.2, 0.25) is 0 Å². The molecule has 1 heterocycles. The summed E-state index contributed by atoms with van der Waals surface area (Å²) in [4.78, 5) is 14.0. The lowest BCUT2D eigenvalue weighted by Gasteiger charge is -2.03. The van der Waals surface area contributed by atoms with Crippen molar-refractivity contribution in [3.05, 3.63) is 30.0 Å². The maximum atomic E-state index is 10.9. The van der Waals surface area contributed by atoms with E-state index in [9.17, 15) is 4.79 Å². The number of hydrogen-bond donors (Lipinski definition) is 3. The van der Waals surface area contributed by atoms with Gasteiger partial charge in [-0.1, -0.05) is 12.1 Å². The molecule has 0 aliphatic heterocycles. The van der Waals surface area contributed by atoms with Gasteiger partial charge in [0.15, 0.2) is 0 Å². The number of ether oxygens (including phenoxy) is 1. The van der Waals surface area contributed by atoms with Gasteiger partial charge in [-0.25, -0.2) is 4.79 Å². The molecule has 0 spiro atoms. The molecule has 2 aromatic rings. The third-order valence-corrected chi connectivity index (χ3v) is 2.68. The summed E-state index contributed by atoms with van der Waals surface area (Å²) in [6, 6.07) is 5.79. The number of aromatic amines is 1. The topological polar surface area (TPSA) is 80.1 Å². The minimum absolute atomic E-state index is 0.413. The molecule has 90 valence electrons. The molecule has 17 heavy (non-hydrogen) atoms. The number of para-hydroxylation sites is 1. The van der Waals surface area contributed by atoms with Crippen molar-refractivity contribution < 1.29 is 9.53 Å². The monoisotopic (exact) mass is 233 g/mol. The lowest BCUT2D eigenvalue weighted by atomic mass is 10.1. The number of carbonyl (C=O) groups is 1. The Morgan fingerprint density at radius 1 is 1.53 bits per heavy atom. The van der Waals surface area contributed by atoms with Crippen molar-refractivity contribution in [1.82, 2.24) is 10.3 Å². The fraction of sp³-hybridized carbons (Fsp3) is 0.250. The highest BCUT2D eigenvalue weighted by molar-refractivity contribution is 5.92. The molecule has 1 amide bonds. The summed E-state index contributed by atoms with van der Waals surface area (Å²) in [5, 5.41) is 3.74. The number of nitrogens with one attached hydrogen (secondary N) is 2. The van der Waals surface area contributed by atoms with Gasteiger partial charge < -0.3 is 20.8 Å². The number of carbonyl (C=O) groups excluding carboxylic acids is 1. The second-order valence-corrected chi connectivity index (χ2v) is 3.75. The van der Waals surface area contributed by atoms with Crippen LogP contribution in [0.3, 0.4) is 0 Å². The fourth-order valence-electron chi connectivity index (χ4n) is 1.81. The minimum Gasteiger partial charge on any atom is -0.453 e. The van der Waals surface area contributed by atoms with Crippen LogP contribution in [0.1, 0.15) is 5.56 Å². The number of anilines is 1. The van der Waals surface area contributed by atoms with Gasteiger partial charge in [-0.05, 0) is 18.1 Å². The number of amides is 1. The third kappa shape index (κ3) is 2.33. The van der Waals surface area contributed by atoms with E-state index in [1.165, 1.54) is 7.11 Å². The molecule has 5 nitrogen and oxygen atoms in total. The van der Waals surface area contributed by atoms with E-state index >= 15 is 0 Å². The molecule has 1 aromatic carbocycles. The summed E-state index contributed by atoms with van der Waals surface area (Å²) in [6.45, 7) is 0.536. The number of aromatic nitrogens is 1. The number of H-pyrrole nitrogens is 1. The molecule has 4 N–H and O–H groups in total. The summed E-state index contributed by atoms with van der Waals surface area (Å²) in [7, 11) is 1.35. The van der Waals surface area contributed by atoms with Gasteiger partial charge in [0.1, 0.15) is 0 Å². The molecule has 0 saturated heterocycles. The minimum atomic E-state index is -0.413. The number of nitrogen functional groups attached to an aromatic ring is 1. The molecule has 5 heteroatoms. The van der Waals surface area contributed by atoms with Crippen LogP contribution in [-0.4, -0.2) is 24.7 Å². The second kappa shape index (κ2) is 4.78. The van der Waals surface area contributed by atoms with Crippen LogP contribution in [0.4, 0.5) is 10.5 Å². The second-order valence-electron chi connectivity index (χ2n) is 3.75. The van der Waals surface area contributed by atoms with Gasteiger partial charge >= 0.3 is 6.09 Å². The van der Waals surface area contributed by atoms with E-state index in [-0.39, 0.29) is 0 Å². The number of alkyl carbamates (subject to hydrolysis) is 1. The molecule has 0 radical (unpaired) electrons. The average Bonchev–Trinajstić information content (AvgIpc) is 2.74. The van der Waals surface area contributed by atoms with Gasteiger partial charge in [-0.15, -0.1) is 0 Å². The predicted molar refractivity (Wildman–Crippen MR) is 66.8 cm³/mol. The molecular weight excluding hydrogens is 218 g/mol. The van der Waals surface area contributed by atoms with Crippen LogP contribution in [0.15, 0.2) is 24.4 Å². The Labute approximate surface area is 98.9 Å². The fourth-order valence-corrected chi connectivity index (χ4v) is 1.81. The maximum absolute atomic E-state index is 10.9. The highest BCUT2D eigenvalue weighted by Crippen LogP contribution is 2.23. The normalized spacial score (nSPS) is 10.4. The van der Waals surface area contributed by atoms with Gasteiger partial charge in [-0.3, -0.25) is 0 Å². The molecule has 0 saturated carbocycles. The van der Waals surface area contributed by atoms with Crippen molar-refractivity contribution in [3.8, 4) is 0 Å². The summed E-state index contributed by atoms with van der Waals surface area (Å²) in [5.41, 5.74) is 8.65. The first-order chi connectivity index (χ1) is 8.22. The average molecular weight is 233 g/mol. The number of rotatable bonds is 3. The summed E-state index contributed by atoms with van der Waals surface area (Å²) in [6.07, 6.45) is 2.24. The number of hydrogen-bond acceptors (Lipinski definition) is 3. The van der Waals surface area contributed by atoms with Crippen LogP contribution >= 0.6 is 0 Å². The van der Waals surface area contributed by atoms with Crippen LogP contribution in [-0.2, 0) is 11.2 Å². The van der Waals surface area contributed by atoms with E-state index in [1.54, 1.807) is 0 Å². The summed E-state index contributed by atoms with van der Waals surface area (Å²) in [5.74, 6) is 0. The summed E-state index contributed by atoms with van der Waals surface area (Å²) >= 11 is 0. The lowest BCUT2D eigenvalue weighted by molar-refractivity contribution is 0.171. The number of methoxy groups -OCH3 is 1. The Kier molecular flexibility index (Phi) is 3.18. The molecule has 0 aliphatic carbocycles. The van der Waals surface area contributed by atoms with Crippen molar-refractivity contribution in [2.24, 2.45) is 0 Å².